The zero-order valence-corrected chi connectivity index (χ0v) is 12.1. The second-order valence-corrected chi connectivity index (χ2v) is 5.55. The first-order valence-corrected chi connectivity index (χ1v) is 7.10. The highest BCUT2D eigenvalue weighted by Gasteiger charge is 2.30. The molecule has 1 aromatic rings. The maximum Gasteiger partial charge on any atom is 0.225 e. The van der Waals surface area contributed by atoms with Crippen LogP contribution in [0.3, 0.4) is 0 Å². The van der Waals surface area contributed by atoms with Gasteiger partial charge < -0.3 is 10.2 Å². The van der Waals surface area contributed by atoms with Crippen LogP contribution < -0.4 is 5.32 Å². The molecule has 1 amide bonds. The molecule has 0 heterocycles. The third-order valence-electron chi connectivity index (χ3n) is 3.99. The Kier molecular flexibility index (Phi) is 4.75. The molecule has 1 unspecified atom stereocenters. The van der Waals surface area contributed by atoms with Gasteiger partial charge in [0.1, 0.15) is 0 Å². The average Bonchev–Trinajstić information content (AvgIpc) is 3.29. The molecule has 0 spiro atoms. The van der Waals surface area contributed by atoms with Gasteiger partial charge in [-0.3, -0.25) is 4.79 Å². The van der Waals surface area contributed by atoms with Crippen LogP contribution in [-0.2, 0) is 4.79 Å². The number of hydrogen-bond donors (Lipinski definition) is 1. The molecule has 1 saturated carbocycles. The van der Waals surface area contributed by atoms with Crippen LogP contribution in [-0.4, -0.2) is 30.4 Å². The van der Waals surface area contributed by atoms with Gasteiger partial charge >= 0.3 is 0 Å². The third-order valence-corrected chi connectivity index (χ3v) is 3.99. The number of carbonyl (C=O) groups is 1. The van der Waals surface area contributed by atoms with E-state index in [1.165, 1.54) is 12.8 Å². The molecule has 0 aromatic heterocycles. The molecule has 1 N–H and O–H groups in total. The van der Waals surface area contributed by atoms with Crippen molar-refractivity contribution in [2.75, 3.05) is 18.9 Å². The van der Waals surface area contributed by atoms with Gasteiger partial charge in [-0.05, 0) is 57.0 Å². The molecule has 1 aromatic carbocycles. The van der Waals surface area contributed by atoms with E-state index in [0.29, 0.717) is 18.0 Å². The Morgan fingerprint density at radius 1 is 1.45 bits per heavy atom. The van der Waals surface area contributed by atoms with Gasteiger partial charge in [-0.2, -0.15) is 5.26 Å². The van der Waals surface area contributed by atoms with Crippen molar-refractivity contribution in [3.8, 4) is 6.07 Å². The minimum absolute atomic E-state index is 0.0181. The minimum Gasteiger partial charge on any atom is -0.326 e. The zero-order valence-electron chi connectivity index (χ0n) is 12.1. The largest absolute Gasteiger partial charge is 0.326 e. The second-order valence-electron chi connectivity index (χ2n) is 5.55. The molecular formula is C16H21N3O. The number of rotatable bonds is 6. The first-order valence-electron chi connectivity index (χ1n) is 7.10. The molecular weight excluding hydrogens is 250 g/mol. The third kappa shape index (κ3) is 4.07. The Morgan fingerprint density at radius 3 is 2.65 bits per heavy atom. The van der Waals surface area contributed by atoms with E-state index in [-0.39, 0.29) is 5.91 Å². The van der Waals surface area contributed by atoms with Crippen molar-refractivity contribution in [3.63, 3.8) is 0 Å². The van der Waals surface area contributed by atoms with Crippen LogP contribution in [0.4, 0.5) is 5.69 Å². The minimum atomic E-state index is 0.0181. The van der Waals surface area contributed by atoms with Crippen molar-refractivity contribution in [1.29, 1.82) is 5.26 Å². The predicted molar refractivity (Wildman–Crippen MR) is 79.2 cm³/mol. The first kappa shape index (κ1) is 14.5. The molecule has 4 nitrogen and oxygen atoms in total. The fourth-order valence-electron chi connectivity index (χ4n) is 2.27. The summed E-state index contributed by atoms with van der Waals surface area (Å²) in [5.74, 6) is 0.839. The van der Waals surface area contributed by atoms with Crippen molar-refractivity contribution in [2.45, 2.75) is 32.2 Å². The van der Waals surface area contributed by atoms with Gasteiger partial charge in [0, 0.05) is 24.7 Å². The number of carbonyl (C=O) groups excluding carboxylic acids is 1. The number of nitriles is 1. The zero-order chi connectivity index (χ0) is 14.5. The standard InChI is InChI=1S/C16H21N3O/c1-12(14-5-6-14)19(2)10-9-16(20)18-15-7-3-13(11-17)4-8-15/h3-4,7-8,12,14H,5-6,9-10H2,1-2H3,(H,18,20). The summed E-state index contributed by atoms with van der Waals surface area (Å²) in [7, 11) is 2.08. The summed E-state index contributed by atoms with van der Waals surface area (Å²) in [6.07, 6.45) is 3.14. The lowest BCUT2D eigenvalue weighted by atomic mass is 10.2. The van der Waals surface area contributed by atoms with E-state index in [9.17, 15) is 4.79 Å². The summed E-state index contributed by atoms with van der Waals surface area (Å²) in [5, 5.41) is 11.6. The van der Waals surface area contributed by atoms with Crippen molar-refractivity contribution in [2.24, 2.45) is 5.92 Å². The van der Waals surface area contributed by atoms with Crippen LogP contribution >= 0.6 is 0 Å². The summed E-state index contributed by atoms with van der Waals surface area (Å²) >= 11 is 0. The molecule has 4 heteroatoms. The number of anilines is 1. The highest BCUT2D eigenvalue weighted by atomic mass is 16.1. The van der Waals surface area contributed by atoms with Crippen molar-refractivity contribution >= 4 is 11.6 Å². The average molecular weight is 271 g/mol. The molecule has 0 saturated heterocycles. The summed E-state index contributed by atoms with van der Waals surface area (Å²) in [5.41, 5.74) is 1.34. The Balaban J connectivity index is 1.75. The van der Waals surface area contributed by atoms with E-state index in [2.05, 4.69) is 30.3 Å². The molecule has 106 valence electrons. The van der Waals surface area contributed by atoms with Crippen LogP contribution in [0, 0.1) is 17.2 Å². The Hall–Kier alpha value is -1.86. The van der Waals surface area contributed by atoms with E-state index >= 15 is 0 Å². The number of nitrogens with zero attached hydrogens (tertiary/aromatic N) is 2. The molecule has 0 bridgehead atoms. The van der Waals surface area contributed by atoms with Crippen LogP contribution in [0.15, 0.2) is 24.3 Å². The van der Waals surface area contributed by atoms with Crippen LogP contribution in [0.5, 0.6) is 0 Å². The molecule has 1 aliphatic rings. The van der Waals surface area contributed by atoms with E-state index in [1.807, 2.05) is 0 Å². The smallest absolute Gasteiger partial charge is 0.225 e. The van der Waals surface area contributed by atoms with Gasteiger partial charge in [-0.1, -0.05) is 0 Å². The maximum atomic E-state index is 11.9. The SMILES string of the molecule is CC(C1CC1)N(C)CCC(=O)Nc1ccc(C#N)cc1. The Morgan fingerprint density at radius 2 is 2.10 bits per heavy atom. The van der Waals surface area contributed by atoms with Gasteiger partial charge in [0.15, 0.2) is 0 Å². The molecule has 0 aliphatic heterocycles. The summed E-state index contributed by atoms with van der Waals surface area (Å²) in [6, 6.07) is 9.55. The maximum absolute atomic E-state index is 11.9. The van der Waals surface area contributed by atoms with Crippen molar-refractivity contribution in [3.05, 3.63) is 29.8 Å². The van der Waals surface area contributed by atoms with Crippen LogP contribution in [0.25, 0.3) is 0 Å². The summed E-state index contributed by atoms with van der Waals surface area (Å²) < 4.78 is 0. The van der Waals surface area contributed by atoms with E-state index in [1.54, 1.807) is 24.3 Å². The topological polar surface area (TPSA) is 56.1 Å². The number of nitrogens with one attached hydrogen (secondary N) is 1. The molecule has 2 rings (SSSR count). The number of hydrogen-bond acceptors (Lipinski definition) is 3. The Labute approximate surface area is 120 Å². The molecule has 20 heavy (non-hydrogen) atoms. The van der Waals surface area contributed by atoms with Gasteiger partial charge in [0.05, 0.1) is 11.6 Å². The normalized spacial score (nSPS) is 15.7. The van der Waals surface area contributed by atoms with Gasteiger partial charge in [-0.15, -0.1) is 0 Å². The quantitative estimate of drug-likeness (QED) is 0.865. The van der Waals surface area contributed by atoms with Gasteiger partial charge in [-0.25, -0.2) is 0 Å². The predicted octanol–water partition coefficient (Wildman–Crippen LogP) is 2.62. The summed E-state index contributed by atoms with van der Waals surface area (Å²) in [6.45, 7) is 3.01. The summed E-state index contributed by atoms with van der Waals surface area (Å²) in [4.78, 5) is 14.1. The lowest BCUT2D eigenvalue weighted by Crippen LogP contribution is -2.33. The second kappa shape index (κ2) is 6.53. The Bertz CT molecular complexity index is 499. The highest BCUT2D eigenvalue weighted by Crippen LogP contribution is 2.34. The molecule has 1 aliphatic carbocycles. The first-order chi connectivity index (χ1) is 9.60. The fourth-order valence-corrected chi connectivity index (χ4v) is 2.27. The van der Waals surface area contributed by atoms with Crippen LogP contribution in [0.1, 0.15) is 31.7 Å². The van der Waals surface area contributed by atoms with E-state index in [0.717, 1.165) is 18.2 Å². The van der Waals surface area contributed by atoms with Crippen molar-refractivity contribution < 1.29 is 4.79 Å². The van der Waals surface area contributed by atoms with E-state index in [4.69, 9.17) is 5.26 Å². The van der Waals surface area contributed by atoms with E-state index < -0.39 is 0 Å². The molecule has 1 atom stereocenters. The molecule has 0 radical (unpaired) electrons. The monoisotopic (exact) mass is 271 g/mol. The number of benzene rings is 1. The number of amides is 1. The van der Waals surface area contributed by atoms with Crippen molar-refractivity contribution in [1.82, 2.24) is 4.90 Å². The molecule has 1 fully saturated rings. The lowest BCUT2D eigenvalue weighted by Gasteiger charge is -2.24. The lowest BCUT2D eigenvalue weighted by molar-refractivity contribution is -0.116. The van der Waals surface area contributed by atoms with Gasteiger partial charge in [0.2, 0.25) is 5.91 Å². The highest BCUT2D eigenvalue weighted by molar-refractivity contribution is 5.90. The fraction of sp³-hybridized carbons (Fsp3) is 0.500. The van der Waals surface area contributed by atoms with Crippen LogP contribution in [0.2, 0.25) is 0 Å². The van der Waals surface area contributed by atoms with Gasteiger partial charge in [0.25, 0.3) is 0 Å².